The van der Waals surface area contributed by atoms with E-state index in [4.69, 9.17) is 4.74 Å². The number of hydrogen-bond acceptors (Lipinski definition) is 8. The molecule has 0 spiro atoms. The van der Waals surface area contributed by atoms with Gasteiger partial charge in [0.2, 0.25) is 0 Å². The molecule has 11 nitrogen and oxygen atoms in total. The maximum Gasteiger partial charge on any atom is 0.270 e. The molecule has 0 saturated carbocycles. The van der Waals surface area contributed by atoms with Gasteiger partial charge >= 0.3 is 0 Å². The summed E-state index contributed by atoms with van der Waals surface area (Å²) in [6.45, 7) is 3.76. The van der Waals surface area contributed by atoms with Gasteiger partial charge < -0.3 is 15.4 Å². The van der Waals surface area contributed by atoms with Gasteiger partial charge in [0.1, 0.15) is 30.1 Å². The van der Waals surface area contributed by atoms with Gasteiger partial charge in [0.05, 0.1) is 6.04 Å². The molecule has 2 N–H and O–H groups in total. The van der Waals surface area contributed by atoms with E-state index in [2.05, 4.69) is 25.8 Å². The Morgan fingerprint density at radius 1 is 1.12 bits per heavy atom. The van der Waals surface area contributed by atoms with Gasteiger partial charge in [0, 0.05) is 24.1 Å². The second-order valence-corrected chi connectivity index (χ2v) is 10.1. The van der Waals surface area contributed by atoms with Crippen molar-refractivity contribution < 1.29 is 23.9 Å². The molecule has 6 rings (SSSR count). The lowest BCUT2D eigenvalue weighted by Crippen LogP contribution is -2.30. The van der Waals surface area contributed by atoms with Crippen molar-refractivity contribution in [1.29, 1.82) is 0 Å². The lowest BCUT2D eigenvalue weighted by molar-refractivity contribution is -0.121. The average Bonchev–Trinajstić information content (AvgIpc) is 3.58. The van der Waals surface area contributed by atoms with Crippen LogP contribution in [0.3, 0.4) is 0 Å². The fraction of sp³-hybridized carbons (Fsp3) is 0.276. The second kappa shape index (κ2) is 9.99. The summed E-state index contributed by atoms with van der Waals surface area (Å²) in [5, 5.41) is 13.7. The van der Waals surface area contributed by atoms with Crippen LogP contribution in [0.1, 0.15) is 78.5 Å². The Hall–Kier alpha value is -4.93. The van der Waals surface area contributed by atoms with Crippen molar-refractivity contribution in [2.45, 2.75) is 45.7 Å². The molecule has 202 valence electrons. The number of rotatable bonds is 6. The lowest BCUT2D eigenvalue weighted by atomic mass is 9.96. The third-order valence-electron chi connectivity index (χ3n) is 7.48. The maximum absolute atomic E-state index is 13.5. The Morgan fingerprint density at radius 2 is 1.98 bits per heavy atom. The van der Waals surface area contributed by atoms with E-state index in [1.165, 1.54) is 16.8 Å². The van der Waals surface area contributed by atoms with Gasteiger partial charge in [-0.05, 0) is 67.1 Å². The molecule has 1 aliphatic carbocycles. The van der Waals surface area contributed by atoms with Gasteiger partial charge in [0.25, 0.3) is 17.6 Å². The van der Waals surface area contributed by atoms with Gasteiger partial charge in [0.15, 0.2) is 11.6 Å². The Balaban J connectivity index is 1.21. The van der Waals surface area contributed by atoms with E-state index in [-0.39, 0.29) is 47.9 Å². The molecule has 40 heavy (non-hydrogen) atoms. The van der Waals surface area contributed by atoms with Crippen molar-refractivity contribution in [1.82, 2.24) is 30.2 Å². The molecule has 0 unspecified atom stereocenters. The molecule has 2 aromatic carbocycles. The van der Waals surface area contributed by atoms with Crippen LogP contribution in [-0.2, 0) is 24.2 Å². The van der Waals surface area contributed by atoms with Crippen molar-refractivity contribution in [3.8, 4) is 5.75 Å². The Labute approximate surface area is 229 Å². The smallest absolute Gasteiger partial charge is 0.270 e. The van der Waals surface area contributed by atoms with Crippen molar-refractivity contribution in [2.24, 2.45) is 0 Å². The van der Waals surface area contributed by atoms with Gasteiger partial charge in [-0.2, -0.15) is 0 Å². The van der Waals surface area contributed by atoms with Crippen molar-refractivity contribution in [3.05, 3.63) is 87.5 Å². The first-order valence-corrected chi connectivity index (χ1v) is 13.0. The Morgan fingerprint density at radius 3 is 2.80 bits per heavy atom. The number of amides is 2. The Bertz CT molecular complexity index is 1730. The largest absolute Gasteiger partial charge is 0.486 e. The first-order chi connectivity index (χ1) is 19.3. The molecule has 0 bridgehead atoms. The number of nitrogens with one attached hydrogen (secondary N) is 2. The van der Waals surface area contributed by atoms with Crippen LogP contribution in [0.2, 0.25) is 0 Å². The summed E-state index contributed by atoms with van der Waals surface area (Å²) in [5.74, 6) is -0.0713. The number of fused-ring (bicyclic) bond motifs is 3. The summed E-state index contributed by atoms with van der Waals surface area (Å²) >= 11 is 0. The maximum atomic E-state index is 13.5. The topological polar surface area (TPSA) is 145 Å². The first kappa shape index (κ1) is 25.4. The third-order valence-corrected chi connectivity index (χ3v) is 7.48. The number of Topliss-reactive ketones (excluding diaryl/α,β-unsaturated/α-hetero) is 2. The van der Waals surface area contributed by atoms with E-state index in [9.17, 15) is 19.2 Å². The normalized spacial score (nSPS) is 15.8. The highest BCUT2D eigenvalue weighted by Crippen LogP contribution is 2.35. The van der Waals surface area contributed by atoms with Gasteiger partial charge in [-0.15, -0.1) is 10.2 Å². The molecule has 1 atom stereocenters. The number of ether oxygens (including phenoxy) is 1. The number of aromatic nitrogens is 4. The molecule has 3 heterocycles. The highest BCUT2D eigenvalue weighted by atomic mass is 16.5. The van der Waals surface area contributed by atoms with Crippen molar-refractivity contribution >= 4 is 29.2 Å². The van der Waals surface area contributed by atoms with Crippen LogP contribution in [0, 0.1) is 6.92 Å². The van der Waals surface area contributed by atoms with Gasteiger partial charge in [-0.1, -0.05) is 18.2 Å². The fourth-order valence-corrected chi connectivity index (χ4v) is 5.47. The molecule has 4 aromatic rings. The zero-order valence-electron chi connectivity index (χ0n) is 22.0. The minimum absolute atomic E-state index is 0.00217. The highest BCUT2D eigenvalue weighted by Gasteiger charge is 2.28. The molecule has 11 heteroatoms. The summed E-state index contributed by atoms with van der Waals surface area (Å²) in [4.78, 5) is 54.5. The highest BCUT2D eigenvalue weighted by molar-refractivity contribution is 5.99. The molecule has 2 aromatic heterocycles. The lowest BCUT2D eigenvalue weighted by Gasteiger charge is -2.17. The van der Waals surface area contributed by atoms with Crippen LogP contribution in [0.5, 0.6) is 5.75 Å². The minimum atomic E-state index is -0.483. The van der Waals surface area contributed by atoms with Crippen LogP contribution < -0.4 is 15.4 Å². The first-order valence-electron chi connectivity index (χ1n) is 13.0. The standard InChI is InChI=1S/C29H26N6O5/c1-15-20(16(2)36)4-5-22-21(15)6-7-23(22)32-28(39)25-11-24(33-29-34-31-14-35(25)29)27(38)30-12-17-3-8-26-18(9-17)10-19(37)13-40-26/h3-5,8-9,11,14,23H,6-7,10,12-13H2,1-2H3,(H,30,38)(H,32,39)/t23-/m0/s1. The summed E-state index contributed by atoms with van der Waals surface area (Å²) in [5.41, 5.74) is 5.50. The van der Waals surface area contributed by atoms with Gasteiger partial charge in [-0.25, -0.2) is 4.98 Å². The van der Waals surface area contributed by atoms with E-state index in [1.807, 2.05) is 25.1 Å². The monoisotopic (exact) mass is 538 g/mol. The zero-order valence-corrected chi connectivity index (χ0v) is 22.0. The average molecular weight is 539 g/mol. The third kappa shape index (κ3) is 4.59. The SMILES string of the molecule is CC(=O)c1ccc2c(c1C)CC[C@@H]2NC(=O)c1cc(C(=O)NCc2ccc3c(c2)CC(=O)CO3)nc2nncn12. The quantitative estimate of drug-likeness (QED) is 0.356. The van der Waals surface area contributed by atoms with E-state index in [0.717, 1.165) is 34.2 Å². The summed E-state index contributed by atoms with van der Waals surface area (Å²) in [7, 11) is 0. The van der Waals surface area contributed by atoms with E-state index < -0.39 is 11.8 Å². The second-order valence-electron chi connectivity index (χ2n) is 10.1. The van der Waals surface area contributed by atoms with Crippen molar-refractivity contribution in [2.75, 3.05) is 6.61 Å². The number of ketones is 2. The van der Waals surface area contributed by atoms with Crippen molar-refractivity contribution in [3.63, 3.8) is 0 Å². The van der Waals surface area contributed by atoms with Crippen LogP contribution in [-0.4, -0.2) is 49.6 Å². The molecular formula is C29H26N6O5. The summed E-state index contributed by atoms with van der Waals surface area (Å²) in [6.07, 6.45) is 3.12. The molecular weight excluding hydrogens is 512 g/mol. The van der Waals surface area contributed by atoms with E-state index >= 15 is 0 Å². The van der Waals surface area contributed by atoms with Crippen LogP contribution in [0.25, 0.3) is 5.78 Å². The molecule has 0 fully saturated rings. The zero-order chi connectivity index (χ0) is 28.0. The fourth-order valence-electron chi connectivity index (χ4n) is 5.47. The van der Waals surface area contributed by atoms with E-state index in [0.29, 0.717) is 24.2 Å². The molecule has 0 radical (unpaired) electrons. The Kier molecular flexibility index (Phi) is 6.33. The number of nitrogens with zero attached hydrogens (tertiary/aromatic N) is 4. The number of carbonyl (C=O) groups excluding carboxylic acids is 4. The predicted molar refractivity (Wildman–Crippen MR) is 142 cm³/mol. The number of hydrogen-bond donors (Lipinski definition) is 2. The molecule has 1 aliphatic heterocycles. The molecule has 2 aliphatic rings. The number of carbonyl (C=O) groups is 4. The van der Waals surface area contributed by atoms with E-state index in [1.54, 1.807) is 19.1 Å². The molecule has 2 amide bonds. The van der Waals surface area contributed by atoms with Crippen LogP contribution in [0.15, 0.2) is 42.7 Å². The minimum Gasteiger partial charge on any atom is -0.486 e. The van der Waals surface area contributed by atoms with Crippen LogP contribution >= 0.6 is 0 Å². The van der Waals surface area contributed by atoms with Crippen LogP contribution in [0.4, 0.5) is 0 Å². The molecule has 0 saturated heterocycles. The predicted octanol–water partition coefficient (Wildman–Crippen LogP) is 2.49. The van der Waals surface area contributed by atoms with Gasteiger partial charge in [-0.3, -0.25) is 23.6 Å². The number of benzene rings is 2. The summed E-state index contributed by atoms with van der Waals surface area (Å²) in [6, 6.07) is 10.3. The summed E-state index contributed by atoms with van der Waals surface area (Å²) < 4.78 is 6.87.